The van der Waals surface area contributed by atoms with Crippen molar-refractivity contribution in [2.24, 2.45) is 0 Å². The number of aromatic nitrogens is 1. The normalized spacial score (nSPS) is 11.5. The summed E-state index contributed by atoms with van der Waals surface area (Å²) in [4.78, 5) is 3.50. The molecule has 0 atom stereocenters. The first-order valence-electron chi connectivity index (χ1n) is 10.2. The summed E-state index contributed by atoms with van der Waals surface area (Å²) in [5.41, 5.74) is 5.56. The van der Waals surface area contributed by atoms with Crippen LogP contribution < -0.4 is 4.74 Å². The number of methoxy groups -OCH3 is 1. The van der Waals surface area contributed by atoms with Crippen molar-refractivity contribution in [2.45, 2.75) is 5.41 Å². The van der Waals surface area contributed by atoms with E-state index in [1.54, 1.807) is 7.11 Å². The smallest absolute Gasteiger partial charge is 0.118 e. The van der Waals surface area contributed by atoms with Crippen molar-refractivity contribution in [1.29, 1.82) is 0 Å². The highest BCUT2D eigenvalue weighted by Gasteiger charge is 2.40. The Balaban J connectivity index is 1.93. The third kappa shape index (κ3) is 2.81. The second-order valence-corrected chi connectivity index (χ2v) is 7.46. The summed E-state index contributed by atoms with van der Waals surface area (Å²) < 4.78 is 5.45. The molecule has 0 aliphatic rings. The molecule has 0 aliphatic heterocycles. The number of nitrogens with one attached hydrogen (secondary N) is 1. The van der Waals surface area contributed by atoms with Crippen molar-refractivity contribution >= 4 is 10.9 Å². The molecule has 4 aromatic carbocycles. The third-order valence-electron chi connectivity index (χ3n) is 5.93. The molecule has 0 fully saturated rings. The van der Waals surface area contributed by atoms with Crippen molar-refractivity contribution in [3.63, 3.8) is 0 Å². The van der Waals surface area contributed by atoms with Gasteiger partial charge in [0, 0.05) is 17.1 Å². The number of hydrogen-bond acceptors (Lipinski definition) is 1. The molecule has 0 saturated heterocycles. The molecular formula is C28H23NO. The van der Waals surface area contributed by atoms with Gasteiger partial charge in [-0.05, 0) is 40.5 Å². The highest BCUT2D eigenvalue weighted by atomic mass is 16.5. The number of rotatable bonds is 5. The Hall–Kier alpha value is -3.78. The zero-order valence-corrected chi connectivity index (χ0v) is 16.9. The van der Waals surface area contributed by atoms with Crippen LogP contribution in [0.1, 0.15) is 22.3 Å². The lowest BCUT2D eigenvalue weighted by atomic mass is 9.65. The number of benzene rings is 4. The van der Waals surface area contributed by atoms with Gasteiger partial charge in [0.05, 0.1) is 12.5 Å². The average Bonchev–Trinajstić information content (AvgIpc) is 3.26. The van der Waals surface area contributed by atoms with E-state index < -0.39 is 5.41 Å². The van der Waals surface area contributed by atoms with Gasteiger partial charge >= 0.3 is 0 Å². The summed E-state index contributed by atoms with van der Waals surface area (Å²) in [5.74, 6) is 0.854. The number of aromatic amines is 1. The van der Waals surface area contributed by atoms with E-state index in [9.17, 15) is 0 Å². The molecule has 146 valence electrons. The topological polar surface area (TPSA) is 25.0 Å². The first-order valence-corrected chi connectivity index (χ1v) is 10.2. The summed E-state index contributed by atoms with van der Waals surface area (Å²) in [6.07, 6.45) is 2.16. The number of hydrogen-bond donors (Lipinski definition) is 1. The van der Waals surface area contributed by atoms with E-state index in [1.807, 2.05) is 12.1 Å². The summed E-state index contributed by atoms with van der Waals surface area (Å²) in [5, 5.41) is 1.22. The summed E-state index contributed by atoms with van der Waals surface area (Å²) >= 11 is 0. The van der Waals surface area contributed by atoms with Crippen molar-refractivity contribution < 1.29 is 4.74 Å². The van der Waals surface area contributed by atoms with Crippen LogP contribution in [0.4, 0.5) is 0 Å². The van der Waals surface area contributed by atoms with Crippen LogP contribution >= 0.6 is 0 Å². The van der Waals surface area contributed by atoms with E-state index in [0.29, 0.717) is 0 Å². The fourth-order valence-electron chi connectivity index (χ4n) is 4.57. The van der Waals surface area contributed by atoms with E-state index in [-0.39, 0.29) is 0 Å². The second kappa shape index (κ2) is 7.57. The van der Waals surface area contributed by atoms with E-state index >= 15 is 0 Å². The highest BCUT2D eigenvalue weighted by molar-refractivity contribution is 5.87. The minimum atomic E-state index is -0.464. The molecule has 30 heavy (non-hydrogen) atoms. The first-order chi connectivity index (χ1) is 14.8. The molecule has 0 saturated carbocycles. The van der Waals surface area contributed by atoms with Gasteiger partial charge in [-0.25, -0.2) is 0 Å². The van der Waals surface area contributed by atoms with Crippen LogP contribution in [0.25, 0.3) is 10.9 Å². The molecule has 0 unspecified atom stereocenters. The van der Waals surface area contributed by atoms with Gasteiger partial charge < -0.3 is 9.72 Å². The van der Waals surface area contributed by atoms with Crippen molar-refractivity contribution in [2.75, 3.05) is 7.11 Å². The molecule has 1 aromatic heterocycles. The zero-order valence-electron chi connectivity index (χ0n) is 16.9. The Kier molecular flexibility index (Phi) is 4.61. The van der Waals surface area contributed by atoms with Crippen LogP contribution in [0.5, 0.6) is 5.75 Å². The monoisotopic (exact) mass is 389 g/mol. The molecule has 1 heterocycles. The first kappa shape index (κ1) is 18.3. The molecule has 0 amide bonds. The largest absolute Gasteiger partial charge is 0.497 e. The number of para-hydroxylation sites is 1. The van der Waals surface area contributed by atoms with Crippen molar-refractivity contribution in [1.82, 2.24) is 4.98 Å². The maximum Gasteiger partial charge on any atom is 0.118 e. The number of H-pyrrole nitrogens is 1. The summed E-state index contributed by atoms with van der Waals surface area (Å²) in [6.45, 7) is 0. The van der Waals surface area contributed by atoms with E-state index in [0.717, 1.165) is 11.3 Å². The Bertz CT molecular complexity index is 1220. The molecule has 0 bridgehead atoms. The molecule has 5 aromatic rings. The maximum atomic E-state index is 5.45. The molecule has 0 radical (unpaired) electrons. The lowest BCUT2D eigenvalue weighted by molar-refractivity contribution is 0.414. The van der Waals surface area contributed by atoms with Crippen LogP contribution in [0.3, 0.4) is 0 Å². The zero-order chi connectivity index (χ0) is 20.4. The molecule has 0 aliphatic carbocycles. The quantitative estimate of drug-likeness (QED) is 0.338. The van der Waals surface area contributed by atoms with E-state index in [1.165, 1.54) is 27.6 Å². The van der Waals surface area contributed by atoms with Crippen LogP contribution in [-0.4, -0.2) is 12.1 Å². The van der Waals surface area contributed by atoms with Gasteiger partial charge in [0.2, 0.25) is 0 Å². The Labute approximate surface area is 176 Å². The lowest BCUT2D eigenvalue weighted by Crippen LogP contribution is -2.30. The van der Waals surface area contributed by atoms with Gasteiger partial charge in [0.1, 0.15) is 5.75 Å². The van der Waals surface area contributed by atoms with Crippen molar-refractivity contribution in [3.05, 3.63) is 138 Å². The fraction of sp³-hybridized carbons (Fsp3) is 0.0714. The summed E-state index contributed by atoms with van der Waals surface area (Å²) in [6, 6.07) is 38.5. The average molecular weight is 389 g/mol. The molecule has 1 N–H and O–H groups in total. The maximum absolute atomic E-state index is 5.45. The van der Waals surface area contributed by atoms with Gasteiger partial charge in [-0.2, -0.15) is 0 Å². The van der Waals surface area contributed by atoms with Crippen LogP contribution in [0, 0.1) is 0 Å². The molecule has 2 heteroatoms. The minimum absolute atomic E-state index is 0.464. The SMILES string of the molecule is COc1ccc(C(c2ccccc2)(c2ccccc2)c2c[nH]c3ccccc23)cc1. The molecule has 2 nitrogen and oxygen atoms in total. The van der Waals surface area contributed by atoms with E-state index in [4.69, 9.17) is 4.74 Å². The van der Waals surface area contributed by atoms with Gasteiger partial charge in [-0.15, -0.1) is 0 Å². The van der Waals surface area contributed by atoms with Gasteiger partial charge in [-0.1, -0.05) is 91.0 Å². The molecule has 0 spiro atoms. The van der Waals surface area contributed by atoms with Crippen molar-refractivity contribution in [3.8, 4) is 5.75 Å². The van der Waals surface area contributed by atoms with Gasteiger partial charge in [0.25, 0.3) is 0 Å². The third-order valence-corrected chi connectivity index (χ3v) is 5.93. The Morgan fingerprint density at radius 3 is 1.73 bits per heavy atom. The predicted octanol–water partition coefficient (Wildman–Crippen LogP) is 6.56. The van der Waals surface area contributed by atoms with Crippen LogP contribution in [0.15, 0.2) is 115 Å². The fourth-order valence-corrected chi connectivity index (χ4v) is 4.57. The lowest BCUT2D eigenvalue weighted by Gasteiger charge is -2.36. The highest BCUT2D eigenvalue weighted by Crippen LogP contribution is 2.47. The minimum Gasteiger partial charge on any atom is -0.497 e. The van der Waals surface area contributed by atoms with Crippen LogP contribution in [0.2, 0.25) is 0 Å². The Morgan fingerprint density at radius 1 is 0.600 bits per heavy atom. The van der Waals surface area contributed by atoms with Gasteiger partial charge in [-0.3, -0.25) is 0 Å². The molecule has 5 rings (SSSR count). The van der Waals surface area contributed by atoms with Crippen LogP contribution in [-0.2, 0) is 5.41 Å². The standard InChI is InChI=1S/C28H23NO/c1-30-24-18-16-23(17-19-24)28(21-10-4-2-5-11-21,22-12-6-3-7-13-22)26-20-29-27-15-9-8-14-25(26)27/h2-20,29H,1H3. The summed E-state index contributed by atoms with van der Waals surface area (Å²) in [7, 11) is 1.70. The number of ether oxygens (including phenoxy) is 1. The predicted molar refractivity (Wildman–Crippen MR) is 123 cm³/mol. The van der Waals surface area contributed by atoms with Gasteiger partial charge in [0.15, 0.2) is 0 Å². The Morgan fingerprint density at radius 2 is 1.13 bits per heavy atom. The number of fused-ring (bicyclic) bond motifs is 1. The molecular weight excluding hydrogens is 366 g/mol. The second-order valence-electron chi connectivity index (χ2n) is 7.46. The van der Waals surface area contributed by atoms with E-state index in [2.05, 4.69) is 108 Å².